The molecule has 0 bridgehead atoms. The van der Waals surface area contributed by atoms with E-state index in [4.69, 9.17) is 9.47 Å². The first-order valence-corrected chi connectivity index (χ1v) is 6.56. The Balaban J connectivity index is 2.45. The van der Waals surface area contributed by atoms with E-state index in [2.05, 4.69) is 0 Å². The maximum atomic E-state index is 11.9. The van der Waals surface area contributed by atoms with Crippen molar-refractivity contribution in [2.75, 3.05) is 13.2 Å². The fourth-order valence-electron chi connectivity index (χ4n) is 1.79. The van der Waals surface area contributed by atoms with Crippen molar-refractivity contribution < 1.29 is 19.1 Å². The van der Waals surface area contributed by atoms with Gasteiger partial charge in [0, 0.05) is 0 Å². The summed E-state index contributed by atoms with van der Waals surface area (Å²) >= 11 is 0. The second kappa shape index (κ2) is 8.29. The SMILES string of the molecule is CCOC(=O)CCOC(=O)C(CC)c1ccccc1. The summed E-state index contributed by atoms with van der Waals surface area (Å²) in [7, 11) is 0. The summed E-state index contributed by atoms with van der Waals surface area (Å²) in [6.45, 7) is 4.09. The lowest BCUT2D eigenvalue weighted by Gasteiger charge is -2.14. The molecule has 1 aromatic carbocycles. The molecule has 0 saturated heterocycles. The van der Waals surface area contributed by atoms with E-state index in [0.717, 1.165) is 5.56 Å². The topological polar surface area (TPSA) is 52.6 Å². The van der Waals surface area contributed by atoms with Crippen LogP contribution in [-0.4, -0.2) is 25.2 Å². The summed E-state index contributed by atoms with van der Waals surface area (Å²) in [5.74, 6) is -0.913. The molecule has 0 radical (unpaired) electrons. The Morgan fingerprint density at radius 3 is 2.37 bits per heavy atom. The van der Waals surface area contributed by atoms with Gasteiger partial charge in [-0.1, -0.05) is 37.3 Å². The second-order valence-electron chi connectivity index (χ2n) is 4.09. The van der Waals surface area contributed by atoms with E-state index in [-0.39, 0.29) is 30.9 Å². The van der Waals surface area contributed by atoms with Gasteiger partial charge in [0.15, 0.2) is 0 Å². The highest BCUT2D eigenvalue weighted by molar-refractivity contribution is 5.78. The monoisotopic (exact) mass is 264 g/mol. The van der Waals surface area contributed by atoms with E-state index in [9.17, 15) is 9.59 Å². The van der Waals surface area contributed by atoms with Crippen LogP contribution in [0.15, 0.2) is 30.3 Å². The van der Waals surface area contributed by atoms with Crippen LogP contribution in [0.4, 0.5) is 0 Å². The molecule has 0 aliphatic rings. The van der Waals surface area contributed by atoms with Crippen molar-refractivity contribution in [1.29, 1.82) is 0 Å². The highest BCUT2D eigenvalue weighted by atomic mass is 16.5. The van der Waals surface area contributed by atoms with Crippen LogP contribution in [0, 0.1) is 0 Å². The lowest BCUT2D eigenvalue weighted by molar-refractivity contribution is -0.150. The minimum atomic E-state index is -0.344. The molecule has 4 nitrogen and oxygen atoms in total. The zero-order valence-corrected chi connectivity index (χ0v) is 11.4. The van der Waals surface area contributed by atoms with Gasteiger partial charge in [0.1, 0.15) is 6.61 Å². The van der Waals surface area contributed by atoms with Crippen molar-refractivity contribution in [3.05, 3.63) is 35.9 Å². The summed E-state index contributed by atoms with van der Waals surface area (Å²) < 4.78 is 9.89. The summed E-state index contributed by atoms with van der Waals surface area (Å²) in [5.41, 5.74) is 0.936. The zero-order chi connectivity index (χ0) is 14.1. The number of hydrogen-bond donors (Lipinski definition) is 0. The largest absolute Gasteiger partial charge is 0.466 e. The van der Waals surface area contributed by atoms with E-state index in [1.165, 1.54) is 0 Å². The van der Waals surface area contributed by atoms with Gasteiger partial charge in [-0.05, 0) is 18.9 Å². The lowest BCUT2D eigenvalue weighted by atomic mass is 9.97. The van der Waals surface area contributed by atoms with Crippen LogP contribution in [0.5, 0.6) is 0 Å². The van der Waals surface area contributed by atoms with E-state index in [1.807, 2.05) is 37.3 Å². The van der Waals surface area contributed by atoms with E-state index in [0.29, 0.717) is 13.0 Å². The van der Waals surface area contributed by atoms with Crippen LogP contribution >= 0.6 is 0 Å². The average molecular weight is 264 g/mol. The second-order valence-corrected chi connectivity index (χ2v) is 4.09. The molecule has 0 aliphatic heterocycles. The Morgan fingerprint density at radius 1 is 1.11 bits per heavy atom. The molecule has 0 aromatic heterocycles. The van der Waals surface area contributed by atoms with Crippen molar-refractivity contribution in [2.24, 2.45) is 0 Å². The van der Waals surface area contributed by atoms with Gasteiger partial charge in [-0.15, -0.1) is 0 Å². The molecule has 0 fully saturated rings. The van der Waals surface area contributed by atoms with Crippen molar-refractivity contribution in [1.82, 2.24) is 0 Å². The smallest absolute Gasteiger partial charge is 0.313 e. The zero-order valence-electron chi connectivity index (χ0n) is 11.4. The van der Waals surface area contributed by atoms with Gasteiger partial charge >= 0.3 is 11.9 Å². The highest BCUT2D eigenvalue weighted by Gasteiger charge is 2.20. The van der Waals surface area contributed by atoms with Crippen molar-refractivity contribution in [3.63, 3.8) is 0 Å². The number of rotatable bonds is 7. The number of ether oxygens (including phenoxy) is 2. The molecular formula is C15H20O4. The van der Waals surface area contributed by atoms with Crippen molar-refractivity contribution >= 4 is 11.9 Å². The standard InChI is InChI=1S/C15H20O4/c1-3-13(12-8-6-5-7-9-12)15(17)19-11-10-14(16)18-4-2/h5-9,13H,3-4,10-11H2,1-2H3. The first-order valence-electron chi connectivity index (χ1n) is 6.56. The molecule has 1 unspecified atom stereocenters. The number of carbonyl (C=O) groups excluding carboxylic acids is 2. The van der Waals surface area contributed by atoms with Gasteiger partial charge in [-0.3, -0.25) is 9.59 Å². The number of carbonyl (C=O) groups is 2. The van der Waals surface area contributed by atoms with Crippen LogP contribution < -0.4 is 0 Å². The van der Waals surface area contributed by atoms with Crippen LogP contribution in [0.3, 0.4) is 0 Å². The van der Waals surface area contributed by atoms with Gasteiger partial charge in [0.05, 0.1) is 18.9 Å². The van der Waals surface area contributed by atoms with E-state index >= 15 is 0 Å². The van der Waals surface area contributed by atoms with Gasteiger partial charge < -0.3 is 9.47 Å². The van der Waals surface area contributed by atoms with Gasteiger partial charge in [0.25, 0.3) is 0 Å². The third-order valence-electron chi connectivity index (χ3n) is 2.75. The molecule has 19 heavy (non-hydrogen) atoms. The Labute approximate surface area is 113 Å². The minimum absolute atomic E-state index is 0.0704. The lowest BCUT2D eigenvalue weighted by Crippen LogP contribution is -2.18. The molecule has 1 rings (SSSR count). The van der Waals surface area contributed by atoms with Crippen molar-refractivity contribution in [3.8, 4) is 0 Å². The van der Waals surface area contributed by atoms with Crippen LogP contribution in [0.2, 0.25) is 0 Å². The molecule has 1 atom stereocenters. The molecule has 0 spiro atoms. The molecule has 0 N–H and O–H groups in total. The Morgan fingerprint density at radius 2 is 1.79 bits per heavy atom. The fraction of sp³-hybridized carbons (Fsp3) is 0.467. The van der Waals surface area contributed by atoms with Gasteiger partial charge in [-0.2, -0.15) is 0 Å². The quantitative estimate of drug-likeness (QED) is 0.710. The summed E-state index contributed by atoms with van der Waals surface area (Å²) in [6.07, 6.45) is 0.771. The Kier molecular flexibility index (Phi) is 6.64. The first kappa shape index (κ1) is 15.2. The van der Waals surface area contributed by atoms with Gasteiger partial charge in [-0.25, -0.2) is 0 Å². The molecule has 0 amide bonds. The predicted octanol–water partition coefficient (Wildman–Crippen LogP) is 2.68. The number of esters is 2. The number of benzene rings is 1. The molecule has 104 valence electrons. The maximum absolute atomic E-state index is 11.9. The van der Waals surface area contributed by atoms with E-state index < -0.39 is 0 Å². The normalized spacial score (nSPS) is 11.7. The Bertz CT molecular complexity index is 400. The summed E-state index contributed by atoms with van der Waals surface area (Å²) in [6, 6.07) is 9.50. The third-order valence-corrected chi connectivity index (χ3v) is 2.75. The Hall–Kier alpha value is -1.84. The van der Waals surface area contributed by atoms with Crippen LogP contribution in [-0.2, 0) is 19.1 Å². The molecule has 4 heteroatoms. The molecule has 1 aromatic rings. The molecule has 0 heterocycles. The first-order chi connectivity index (χ1) is 9.19. The molecule has 0 aliphatic carbocycles. The van der Waals surface area contributed by atoms with Crippen LogP contribution in [0.25, 0.3) is 0 Å². The summed E-state index contributed by atoms with van der Waals surface area (Å²) in [4.78, 5) is 23.1. The minimum Gasteiger partial charge on any atom is -0.466 e. The summed E-state index contributed by atoms with van der Waals surface area (Å²) in [5, 5.41) is 0. The average Bonchev–Trinajstić information content (AvgIpc) is 2.41. The fourth-order valence-corrected chi connectivity index (χ4v) is 1.79. The molecular weight excluding hydrogens is 244 g/mol. The predicted molar refractivity (Wildman–Crippen MR) is 71.7 cm³/mol. The van der Waals surface area contributed by atoms with Gasteiger partial charge in [0.2, 0.25) is 0 Å². The van der Waals surface area contributed by atoms with Crippen LogP contribution in [0.1, 0.15) is 38.2 Å². The van der Waals surface area contributed by atoms with Crippen molar-refractivity contribution in [2.45, 2.75) is 32.6 Å². The number of hydrogen-bond acceptors (Lipinski definition) is 4. The third kappa shape index (κ3) is 5.12. The highest BCUT2D eigenvalue weighted by Crippen LogP contribution is 2.20. The molecule has 0 saturated carbocycles. The van der Waals surface area contributed by atoms with E-state index in [1.54, 1.807) is 6.92 Å². The maximum Gasteiger partial charge on any atom is 0.313 e.